The second kappa shape index (κ2) is 3.23. The first-order valence-electron chi connectivity index (χ1n) is 4.02. The molecule has 1 saturated carbocycles. The normalized spacial score (nSPS) is 15.1. The molecule has 13 heavy (non-hydrogen) atoms. The molecule has 0 amide bonds. The maximum absolute atomic E-state index is 8.73. The van der Waals surface area contributed by atoms with E-state index in [1.807, 2.05) is 6.07 Å². The highest BCUT2D eigenvalue weighted by molar-refractivity contribution is 6.29. The van der Waals surface area contributed by atoms with Gasteiger partial charge in [-0.1, -0.05) is 11.6 Å². The van der Waals surface area contributed by atoms with E-state index in [2.05, 4.69) is 4.98 Å². The molecule has 0 bridgehead atoms. The Morgan fingerprint density at radius 1 is 1.62 bits per heavy atom. The number of pyridine rings is 1. The largest absolute Gasteiger partial charge is 0.489 e. The van der Waals surface area contributed by atoms with E-state index in [0.717, 1.165) is 12.8 Å². The van der Waals surface area contributed by atoms with Gasteiger partial charge in [0, 0.05) is 6.07 Å². The Kier molecular flexibility index (Phi) is 2.07. The summed E-state index contributed by atoms with van der Waals surface area (Å²) < 4.78 is 5.48. The molecule has 2 rings (SSSR count). The maximum atomic E-state index is 8.73. The summed E-state index contributed by atoms with van der Waals surface area (Å²) in [5.41, 5.74) is 0.441. The van der Waals surface area contributed by atoms with Gasteiger partial charge >= 0.3 is 0 Å². The Morgan fingerprint density at radius 3 is 3.00 bits per heavy atom. The fourth-order valence-corrected chi connectivity index (χ4v) is 1.11. The molecule has 1 heterocycles. The Morgan fingerprint density at radius 2 is 2.38 bits per heavy atom. The molecule has 0 atom stereocenters. The van der Waals surface area contributed by atoms with Gasteiger partial charge in [-0.25, -0.2) is 4.98 Å². The average Bonchev–Trinajstić information content (AvgIpc) is 2.89. The highest BCUT2D eigenvalue weighted by atomic mass is 35.5. The van der Waals surface area contributed by atoms with Crippen LogP contribution < -0.4 is 4.74 Å². The second-order valence-electron chi connectivity index (χ2n) is 2.93. The zero-order chi connectivity index (χ0) is 9.26. The van der Waals surface area contributed by atoms with E-state index in [9.17, 15) is 0 Å². The van der Waals surface area contributed by atoms with Crippen LogP contribution in [0.1, 0.15) is 18.4 Å². The van der Waals surface area contributed by atoms with Crippen LogP contribution in [0.3, 0.4) is 0 Å². The molecular weight excluding hydrogens is 188 g/mol. The molecule has 0 saturated heterocycles. The molecule has 0 N–H and O–H groups in total. The molecule has 66 valence electrons. The van der Waals surface area contributed by atoms with E-state index in [1.54, 1.807) is 6.07 Å². The zero-order valence-electron chi connectivity index (χ0n) is 6.83. The smallest absolute Gasteiger partial charge is 0.142 e. The second-order valence-corrected chi connectivity index (χ2v) is 3.32. The number of rotatable bonds is 2. The Labute approximate surface area is 80.9 Å². The SMILES string of the molecule is N#Cc1cnc(Cl)cc1OC1CC1. The fraction of sp³-hybridized carbons (Fsp3) is 0.333. The van der Waals surface area contributed by atoms with Gasteiger partial charge in [-0.05, 0) is 12.8 Å². The summed E-state index contributed by atoms with van der Waals surface area (Å²) in [5.74, 6) is 0.546. The van der Waals surface area contributed by atoms with Crippen LogP contribution in [-0.4, -0.2) is 11.1 Å². The first-order valence-corrected chi connectivity index (χ1v) is 4.39. The van der Waals surface area contributed by atoms with Crippen molar-refractivity contribution in [3.63, 3.8) is 0 Å². The van der Waals surface area contributed by atoms with Crippen LogP contribution in [0.15, 0.2) is 12.3 Å². The Hall–Kier alpha value is -1.27. The number of nitriles is 1. The van der Waals surface area contributed by atoms with E-state index in [1.165, 1.54) is 6.20 Å². The predicted molar refractivity (Wildman–Crippen MR) is 47.6 cm³/mol. The number of ether oxygens (including phenoxy) is 1. The first kappa shape index (κ1) is 8.33. The van der Waals surface area contributed by atoms with E-state index in [0.29, 0.717) is 16.5 Å². The summed E-state index contributed by atoms with van der Waals surface area (Å²) in [5, 5.41) is 9.09. The summed E-state index contributed by atoms with van der Waals surface area (Å²) in [7, 11) is 0. The van der Waals surface area contributed by atoms with Crippen LogP contribution in [0.5, 0.6) is 5.75 Å². The standard InChI is InChI=1S/C9H7ClN2O/c10-9-3-8(13-7-1-2-7)6(4-11)5-12-9/h3,5,7H,1-2H2. The topological polar surface area (TPSA) is 45.9 Å². The Bertz CT molecular complexity index is 368. The van der Waals surface area contributed by atoms with Gasteiger partial charge in [0.25, 0.3) is 0 Å². The van der Waals surface area contributed by atoms with Crippen molar-refractivity contribution >= 4 is 11.6 Å². The van der Waals surface area contributed by atoms with E-state index in [4.69, 9.17) is 21.6 Å². The number of aromatic nitrogens is 1. The van der Waals surface area contributed by atoms with Gasteiger partial charge in [0.15, 0.2) is 0 Å². The molecule has 1 fully saturated rings. The molecule has 0 unspecified atom stereocenters. The summed E-state index contributed by atoms with van der Waals surface area (Å²) >= 11 is 5.68. The summed E-state index contributed by atoms with van der Waals surface area (Å²) in [6, 6.07) is 3.59. The van der Waals surface area contributed by atoms with Crippen molar-refractivity contribution in [1.29, 1.82) is 5.26 Å². The quantitative estimate of drug-likeness (QED) is 0.678. The lowest BCUT2D eigenvalue weighted by atomic mass is 10.3. The third kappa shape index (κ3) is 1.90. The van der Waals surface area contributed by atoms with Crippen LogP contribution >= 0.6 is 11.6 Å². The van der Waals surface area contributed by atoms with Crippen molar-refractivity contribution < 1.29 is 4.74 Å². The van der Waals surface area contributed by atoms with Gasteiger partial charge in [-0.3, -0.25) is 0 Å². The van der Waals surface area contributed by atoms with Gasteiger partial charge < -0.3 is 4.74 Å². The molecule has 1 aliphatic carbocycles. The van der Waals surface area contributed by atoms with E-state index >= 15 is 0 Å². The monoisotopic (exact) mass is 194 g/mol. The van der Waals surface area contributed by atoms with Crippen molar-refractivity contribution in [1.82, 2.24) is 4.98 Å². The van der Waals surface area contributed by atoms with E-state index in [-0.39, 0.29) is 6.10 Å². The van der Waals surface area contributed by atoms with Gasteiger partial charge in [0.2, 0.25) is 0 Å². The third-order valence-electron chi connectivity index (χ3n) is 1.77. The lowest BCUT2D eigenvalue weighted by molar-refractivity contribution is 0.302. The molecule has 0 radical (unpaired) electrons. The molecule has 4 heteroatoms. The summed E-state index contributed by atoms with van der Waals surface area (Å²) in [6.45, 7) is 0. The van der Waals surface area contributed by atoms with Crippen LogP contribution in [0, 0.1) is 11.3 Å². The van der Waals surface area contributed by atoms with Crippen LogP contribution in [-0.2, 0) is 0 Å². The minimum absolute atomic E-state index is 0.269. The van der Waals surface area contributed by atoms with Gasteiger partial charge in [-0.15, -0.1) is 0 Å². The molecule has 0 spiro atoms. The van der Waals surface area contributed by atoms with Gasteiger partial charge in [0.1, 0.15) is 22.5 Å². The fourth-order valence-electron chi connectivity index (χ4n) is 0.960. The van der Waals surface area contributed by atoms with Crippen molar-refractivity contribution in [2.75, 3.05) is 0 Å². The molecule has 3 nitrogen and oxygen atoms in total. The predicted octanol–water partition coefficient (Wildman–Crippen LogP) is 2.15. The maximum Gasteiger partial charge on any atom is 0.142 e. The van der Waals surface area contributed by atoms with E-state index < -0.39 is 0 Å². The third-order valence-corrected chi connectivity index (χ3v) is 1.98. The lowest BCUT2D eigenvalue weighted by Crippen LogP contribution is -1.98. The summed E-state index contributed by atoms with van der Waals surface area (Å²) in [4.78, 5) is 3.80. The molecule has 1 aliphatic rings. The van der Waals surface area contributed by atoms with Crippen molar-refractivity contribution in [3.05, 3.63) is 23.0 Å². The lowest BCUT2D eigenvalue weighted by Gasteiger charge is -2.05. The van der Waals surface area contributed by atoms with Crippen LogP contribution in [0.2, 0.25) is 5.15 Å². The number of hydrogen-bond donors (Lipinski definition) is 0. The van der Waals surface area contributed by atoms with Crippen molar-refractivity contribution in [2.24, 2.45) is 0 Å². The van der Waals surface area contributed by atoms with Gasteiger partial charge in [0.05, 0.1) is 12.3 Å². The molecule has 1 aromatic rings. The average molecular weight is 195 g/mol. The zero-order valence-corrected chi connectivity index (χ0v) is 7.58. The van der Waals surface area contributed by atoms with Crippen LogP contribution in [0.4, 0.5) is 0 Å². The molecule has 1 aromatic heterocycles. The van der Waals surface area contributed by atoms with Crippen molar-refractivity contribution in [3.8, 4) is 11.8 Å². The highest BCUT2D eigenvalue weighted by Crippen LogP contribution is 2.29. The molecule has 0 aliphatic heterocycles. The number of hydrogen-bond acceptors (Lipinski definition) is 3. The minimum atomic E-state index is 0.269. The van der Waals surface area contributed by atoms with Crippen molar-refractivity contribution in [2.45, 2.75) is 18.9 Å². The van der Waals surface area contributed by atoms with Crippen LogP contribution in [0.25, 0.3) is 0 Å². The Balaban J connectivity index is 2.29. The van der Waals surface area contributed by atoms with Gasteiger partial charge in [-0.2, -0.15) is 5.26 Å². The molecule has 0 aromatic carbocycles. The summed E-state index contributed by atoms with van der Waals surface area (Å²) in [6.07, 6.45) is 3.82. The number of nitrogens with zero attached hydrogens (tertiary/aromatic N) is 2. The minimum Gasteiger partial charge on any atom is -0.489 e. The highest BCUT2D eigenvalue weighted by Gasteiger charge is 2.24. The molecular formula is C9H7ClN2O. The number of halogens is 1. The first-order chi connectivity index (χ1) is 6.29.